The van der Waals surface area contributed by atoms with Crippen molar-refractivity contribution in [1.29, 1.82) is 0 Å². The van der Waals surface area contributed by atoms with Crippen molar-refractivity contribution in [3.63, 3.8) is 0 Å². The molecule has 1 aliphatic heterocycles. The summed E-state index contributed by atoms with van der Waals surface area (Å²) in [6, 6.07) is 0. The summed E-state index contributed by atoms with van der Waals surface area (Å²) < 4.78 is 0. The Bertz CT molecular complexity index is 280. The fourth-order valence-corrected chi connectivity index (χ4v) is 2.90. The normalized spacial score (nSPS) is 26.2. The molecule has 3 nitrogen and oxygen atoms in total. The molecule has 1 N–H and O–H groups in total. The number of aliphatic hydroxyl groups excluding tert-OH is 1. The lowest BCUT2D eigenvalue weighted by molar-refractivity contribution is -0.137. The minimum absolute atomic E-state index is 0.231. The molecule has 0 unspecified atom stereocenters. The van der Waals surface area contributed by atoms with E-state index < -0.39 is 0 Å². The number of hydrogen-bond donors (Lipinski definition) is 1. The van der Waals surface area contributed by atoms with Crippen molar-refractivity contribution in [3.05, 3.63) is 12.2 Å². The monoisotopic (exact) mass is 237 g/mol. The van der Waals surface area contributed by atoms with Crippen LogP contribution in [0.4, 0.5) is 0 Å². The third kappa shape index (κ3) is 3.32. The quantitative estimate of drug-likeness (QED) is 0.762. The number of hydrogen-bond acceptors (Lipinski definition) is 2. The smallest absolute Gasteiger partial charge is 0.226 e. The molecule has 3 heteroatoms. The summed E-state index contributed by atoms with van der Waals surface area (Å²) in [5.41, 5.74) is 0. The number of amides is 1. The van der Waals surface area contributed by atoms with Gasteiger partial charge in [0.15, 0.2) is 0 Å². The molecule has 96 valence electrons. The fourth-order valence-electron chi connectivity index (χ4n) is 2.90. The highest BCUT2D eigenvalue weighted by atomic mass is 16.3. The van der Waals surface area contributed by atoms with Crippen LogP contribution < -0.4 is 0 Å². The molecule has 0 aromatic carbocycles. The van der Waals surface area contributed by atoms with Crippen LogP contribution in [0.2, 0.25) is 0 Å². The van der Waals surface area contributed by atoms with Gasteiger partial charge in [-0.3, -0.25) is 4.79 Å². The van der Waals surface area contributed by atoms with Crippen LogP contribution in [-0.4, -0.2) is 35.6 Å². The Morgan fingerprint density at radius 2 is 2.00 bits per heavy atom. The van der Waals surface area contributed by atoms with Crippen LogP contribution in [0.3, 0.4) is 0 Å². The lowest BCUT2D eigenvalue weighted by Gasteiger charge is -2.34. The first-order valence-corrected chi connectivity index (χ1v) is 6.86. The average molecular weight is 237 g/mol. The van der Waals surface area contributed by atoms with Crippen molar-refractivity contribution in [2.75, 3.05) is 19.7 Å². The second-order valence-electron chi connectivity index (χ2n) is 5.26. The van der Waals surface area contributed by atoms with Crippen LogP contribution in [0.5, 0.6) is 0 Å². The predicted octanol–water partition coefficient (Wildman–Crippen LogP) is 1.96. The zero-order chi connectivity index (χ0) is 12.1. The molecule has 0 aromatic rings. The van der Waals surface area contributed by atoms with Crippen LogP contribution in [0.1, 0.15) is 38.5 Å². The maximum atomic E-state index is 12.3. The van der Waals surface area contributed by atoms with Gasteiger partial charge in [-0.2, -0.15) is 0 Å². The molecule has 2 rings (SSSR count). The summed E-state index contributed by atoms with van der Waals surface area (Å²) in [7, 11) is 0. The van der Waals surface area contributed by atoms with Gasteiger partial charge in [-0.15, -0.1) is 0 Å². The van der Waals surface area contributed by atoms with Crippen LogP contribution in [0, 0.1) is 11.8 Å². The van der Waals surface area contributed by atoms with E-state index in [1.807, 2.05) is 4.90 Å². The summed E-state index contributed by atoms with van der Waals surface area (Å²) in [5, 5.41) is 8.91. The van der Waals surface area contributed by atoms with Crippen molar-refractivity contribution in [1.82, 2.24) is 4.90 Å². The van der Waals surface area contributed by atoms with E-state index in [1.165, 1.54) is 0 Å². The van der Waals surface area contributed by atoms with Gasteiger partial charge in [0.05, 0.1) is 0 Å². The zero-order valence-corrected chi connectivity index (χ0v) is 10.5. The van der Waals surface area contributed by atoms with Gasteiger partial charge in [-0.25, -0.2) is 0 Å². The van der Waals surface area contributed by atoms with Gasteiger partial charge in [0.1, 0.15) is 0 Å². The number of rotatable bonds is 3. The molecule has 0 aromatic heterocycles. The summed E-state index contributed by atoms with van der Waals surface area (Å²) in [5.74, 6) is 1.21. The maximum Gasteiger partial charge on any atom is 0.226 e. The van der Waals surface area contributed by atoms with Crippen molar-refractivity contribution in [2.24, 2.45) is 11.8 Å². The molecule has 1 saturated heterocycles. The molecular formula is C14H23NO2. The maximum absolute atomic E-state index is 12.3. The van der Waals surface area contributed by atoms with E-state index in [0.717, 1.165) is 51.6 Å². The minimum atomic E-state index is 0.231. The number of nitrogens with zero attached hydrogens (tertiary/aromatic N) is 1. The molecular weight excluding hydrogens is 214 g/mol. The van der Waals surface area contributed by atoms with E-state index in [4.69, 9.17) is 5.11 Å². The lowest BCUT2D eigenvalue weighted by Crippen LogP contribution is -2.42. The molecule has 2 aliphatic rings. The van der Waals surface area contributed by atoms with E-state index in [1.54, 1.807) is 0 Å². The predicted molar refractivity (Wildman–Crippen MR) is 67.5 cm³/mol. The van der Waals surface area contributed by atoms with Crippen molar-refractivity contribution >= 4 is 5.91 Å². The Balaban J connectivity index is 1.79. The van der Waals surface area contributed by atoms with Crippen LogP contribution in [-0.2, 0) is 4.79 Å². The number of carbonyl (C=O) groups excluding carboxylic acids is 1. The van der Waals surface area contributed by atoms with E-state index >= 15 is 0 Å². The van der Waals surface area contributed by atoms with Crippen LogP contribution in [0.25, 0.3) is 0 Å². The number of carbonyl (C=O) groups is 1. The first kappa shape index (κ1) is 12.6. The first-order valence-electron chi connectivity index (χ1n) is 6.86. The van der Waals surface area contributed by atoms with Crippen molar-refractivity contribution in [2.45, 2.75) is 38.5 Å². The van der Waals surface area contributed by atoms with Crippen molar-refractivity contribution in [3.8, 4) is 0 Å². The van der Waals surface area contributed by atoms with E-state index in [0.29, 0.717) is 11.8 Å². The van der Waals surface area contributed by atoms with Crippen LogP contribution in [0.15, 0.2) is 12.2 Å². The molecule has 0 bridgehead atoms. The molecule has 0 radical (unpaired) electrons. The summed E-state index contributed by atoms with van der Waals surface area (Å²) in [6.07, 6.45) is 10.3. The number of allylic oxidation sites excluding steroid dienone is 2. The highest BCUT2D eigenvalue weighted by Gasteiger charge is 2.27. The largest absolute Gasteiger partial charge is 0.396 e. The molecule has 0 saturated carbocycles. The van der Waals surface area contributed by atoms with Gasteiger partial charge in [0.25, 0.3) is 0 Å². The average Bonchev–Trinajstić information content (AvgIpc) is 2.40. The van der Waals surface area contributed by atoms with Gasteiger partial charge in [0, 0.05) is 25.6 Å². The Morgan fingerprint density at radius 1 is 1.24 bits per heavy atom. The second kappa shape index (κ2) is 6.20. The number of aliphatic hydroxyl groups is 1. The summed E-state index contributed by atoms with van der Waals surface area (Å²) >= 11 is 0. The SMILES string of the molecule is O=C([C@@H]1CC=CCC1)N1CCC(CCO)CC1. The third-order valence-corrected chi connectivity index (χ3v) is 4.08. The summed E-state index contributed by atoms with van der Waals surface area (Å²) in [6.45, 7) is 2.07. The van der Waals surface area contributed by atoms with Gasteiger partial charge < -0.3 is 10.0 Å². The molecule has 1 amide bonds. The lowest BCUT2D eigenvalue weighted by atomic mass is 9.90. The van der Waals surface area contributed by atoms with Crippen LogP contribution >= 0.6 is 0 Å². The molecule has 1 aliphatic carbocycles. The topological polar surface area (TPSA) is 40.5 Å². The first-order chi connectivity index (χ1) is 8.31. The molecule has 1 fully saturated rings. The third-order valence-electron chi connectivity index (χ3n) is 4.08. The van der Waals surface area contributed by atoms with E-state index in [9.17, 15) is 4.79 Å². The Hall–Kier alpha value is -0.830. The Labute approximate surface area is 103 Å². The number of piperidine rings is 1. The van der Waals surface area contributed by atoms with Gasteiger partial charge in [0.2, 0.25) is 5.91 Å². The van der Waals surface area contributed by atoms with E-state index in [2.05, 4.69) is 12.2 Å². The number of likely N-dealkylation sites (tertiary alicyclic amines) is 1. The van der Waals surface area contributed by atoms with E-state index in [-0.39, 0.29) is 12.5 Å². The van der Waals surface area contributed by atoms with Crippen molar-refractivity contribution < 1.29 is 9.90 Å². The Morgan fingerprint density at radius 3 is 2.59 bits per heavy atom. The van der Waals surface area contributed by atoms with Gasteiger partial charge in [-0.1, -0.05) is 12.2 Å². The highest BCUT2D eigenvalue weighted by Crippen LogP contribution is 2.25. The zero-order valence-electron chi connectivity index (χ0n) is 10.5. The van der Waals surface area contributed by atoms with Gasteiger partial charge in [-0.05, 0) is 44.4 Å². The summed E-state index contributed by atoms with van der Waals surface area (Å²) in [4.78, 5) is 14.3. The minimum Gasteiger partial charge on any atom is -0.396 e. The van der Waals surface area contributed by atoms with Gasteiger partial charge >= 0.3 is 0 Å². The fraction of sp³-hybridized carbons (Fsp3) is 0.786. The standard InChI is InChI=1S/C14H23NO2/c16-11-8-12-6-9-15(10-7-12)14(17)13-4-2-1-3-5-13/h1-2,12-13,16H,3-11H2/t13-/m1/s1. The Kier molecular flexibility index (Phi) is 4.60. The molecule has 1 atom stereocenters. The molecule has 0 spiro atoms. The molecule has 17 heavy (non-hydrogen) atoms. The second-order valence-corrected chi connectivity index (χ2v) is 5.26. The highest BCUT2D eigenvalue weighted by molar-refractivity contribution is 5.79. The molecule has 1 heterocycles.